The number of hydrogen-bond acceptors (Lipinski definition) is 0. The number of allylic oxidation sites excluding steroid dienone is 2. The van der Waals surface area contributed by atoms with E-state index < -0.39 is 0 Å². The lowest BCUT2D eigenvalue weighted by molar-refractivity contribution is 1.31. The Hall–Kier alpha value is -3.90. The van der Waals surface area contributed by atoms with Crippen molar-refractivity contribution in [2.45, 2.75) is 12.8 Å². The first-order valence-electron chi connectivity index (χ1n) is 11.4. The minimum atomic E-state index is 1.01. The molecular weight excluding hydrogens is 384 g/mol. The molecule has 0 nitrogen and oxygen atoms in total. The lowest BCUT2D eigenvalue weighted by Gasteiger charge is -2.19. The highest BCUT2D eigenvalue weighted by Gasteiger charge is 2.24. The molecule has 0 aromatic heterocycles. The lowest BCUT2D eigenvalue weighted by Crippen LogP contribution is -1.97. The predicted molar refractivity (Wildman–Crippen MR) is 136 cm³/mol. The second-order valence-electron chi connectivity index (χ2n) is 8.80. The van der Waals surface area contributed by atoms with Crippen molar-refractivity contribution in [3.8, 4) is 0 Å². The van der Waals surface area contributed by atoms with Crippen LogP contribution in [0, 0.1) is 0 Å². The van der Waals surface area contributed by atoms with E-state index in [2.05, 4.69) is 109 Å². The van der Waals surface area contributed by atoms with Crippen LogP contribution in [0.5, 0.6) is 0 Å². The van der Waals surface area contributed by atoms with Crippen molar-refractivity contribution in [1.82, 2.24) is 0 Å². The monoisotopic (exact) mass is 406 g/mol. The van der Waals surface area contributed by atoms with E-state index in [0.717, 1.165) is 12.8 Å². The van der Waals surface area contributed by atoms with Crippen molar-refractivity contribution in [3.05, 3.63) is 143 Å². The maximum absolute atomic E-state index is 2.42. The summed E-state index contributed by atoms with van der Waals surface area (Å²) in [4.78, 5) is 0. The predicted octanol–water partition coefficient (Wildman–Crippen LogP) is 7.97. The van der Waals surface area contributed by atoms with Gasteiger partial charge in [0.2, 0.25) is 0 Å². The summed E-state index contributed by atoms with van der Waals surface area (Å²) in [6.07, 6.45) is 6.86. The molecule has 0 radical (unpaired) electrons. The molecule has 150 valence electrons. The van der Waals surface area contributed by atoms with Crippen molar-refractivity contribution in [3.63, 3.8) is 0 Å². The topological polar surface area (TPSA) is 0 Å². The van der Waals surface area contributed by atoms with Crippen LogP contribution in [0.4, 0.5) is 0 Å². The lowest BCUT2D eigenvalue weighted by atomic mass is 9.83. The van der Waals surface area contributed by atoms with Crippen molar-refractivity contribution >= 4 is 32.7 Å². The fourth-order valence-corrected chi connectivity index (χ4v) is 5.75. The van der Waals surface area contributed by atoms with Gasteiger partial charge in [0.25, 0.3) is 0 Å². The summed E-state index contributed by atoms with van der Waals surface area (Å²) >= 11 is 0. The maximum atomic E-state index is 2.42. The first kappa shape index (κ1) is 17.7. The van der Waals surface area contributed by atoms with E-state index in [9.17, 15) is 0 Å². The zero-order chi connectivity index (χ0) is 21.1. The minimum absolute atomic E-state index is 1.01. The standard InChI is InChI=1S/C32H22/c1-3-11-23-21(9-1)17-19-29(23)31-25-13-5-7-15-27(25)32(28-16-8-6-14-26(28)31)30-20-18-22-10-2-4-12-24(22)30/h1-16,19-20H,17-18H2. The van der Waals surface area contributed by atoms with Gasteiger partial charge in [-0.1, -0.05) is 109 Å². The molecule has 0 amide bonds. The summed E-state index contributed by atoms with van der Waals surface area (Å²) in [5.74, 6) is 0. The summed E-state index contributed by atoms with van der Waals surface area (Å²) in [5.41, 5.74) is 11.1. The summed E-state index contributed by atoms with van der Waals surface area (Å²) in [7, 11) is 0. The highest BCUT2D eigenvalue weighted by Crippen LogP contribution is 2.46. The molecular formula is C32H22. The highest BCUT2D eigenvalue weighted by atomic mass is 14.3. The summed E-state index contributed by atoms with van der Waals surface area (Å²) in [6.45, 7) is 0. The van der Waals surface area contributed by atoms with Gasteiger partial charge in [0.15, 0.2) is 0 Å². The van der Waals surface area contributed by atoms with Crippen molar-refractivity contribution in [1.29, 1.82) is 0 Å². The molecule has 0 heterocycles. The molecule has 2 aliphatic rings. The molecule has 7 rings (SSSR count). The molecule has 2 aliphatic carbocycles. The largest absolute Gasteiger partial charge is 0.0716 e. The quantitative estimate of drug-likeness (QED) is 0.261. The van der Waals surface area contributed by atoms with Gasteiger partial charge < -0.3 is 0 Å². The van der Waals surface area contributed by atoms with Crippen molar-refractivity contribution in [2.75, 3.05) is 0 Å². The fourth-order valence-electron chi connectivity index (χ4n) is 5.75. The van der Waals surface area contributed by atoms with Gasteiger partial charge in [-0.15, -0.1) is 0 Å². The van der Waals surface area contributed by atoms with Crippen LogP contribution < -0.4 is 0 Å². The third-order valence-corrected chi connectivity index (χ3v) is 7.14. The Balaban J connectivity index is 1.61. The van der Waals surface area contributed by atoms with Gasteiger partial charge in [-0.25, -0.2) is 0 Å². The summed E-state index contributed by atoms with van der Waals surface area (Å²) < 4.78 is 0. The third kappa shape index (κ3) is 2.44. The van der Waals surface area contributed by atoms with Crippen LogP contribution >= 0.6 is 0 Å². The number of hydrogen-bond donors (Lipinski definition) is 0. The molecule has 0 N–H and O–H groups in total. The van der Waals surface area contributed by atoms with E-state index in [1.807, 2.05) is 0 Å². The van der Waals surface area contributed by atoms with Crippen LogP contribution in [0.3, 0.4) is 0 Å². The Morgan fingerprint density at radius 3 is 1.12 bits per heavy atom. The van der Waals surface area contributed by atoms with E-state index in [1.165, 1.54) is 66.1 Å². The fraction of sp³-hybridized carbons (Fsp3) is 0.0625. The minimum Gasteiger partial charge on any atom is -0.0716 e. The van der Waals surface area contributed by atoms with Crippen LogP contribution in [0.1, 0.15) is 33.4 Å². The van der Waals surface area contributed by atoms with E-state index in [1.54, 1.807) is 0 Å². The van der Waals surface area contributed by atoms with Crippen LogP contribution in [0.15, 0.2) is 109 Å². The smallest absolute Gasteiger partial charge is 0.00233 e. The molecule has 0 spiro atoms. The molecule has 0 saturated carbocycles. The normalized spacial score (nSPS) is 14.4. The van der Waals surface area contributed by atoms with Gasteiger partial charge in [-0.3, -0.25) is 0 Å². The van der Waals surface area contributed by atoms with Gasteiger partial charge in [0, 0.05) is 0 Å². The number of rotatable bonds is 2. The SMILES string of the molecule is C1=C(c2c3ccccc3c(C3=CCc4ccccc43)c3ccccc23)c2ccccc2C1. The van der Waals surface area contributed by atoms with Crippen LogP contribution in [-0.4, -0.2) is 0 Å². The highest BCUT2D eigenvalue weighted by molar-refractivity contribution is 6.19. The molecule has 0 fully saturated rings. The van der Waals surface area contributed by atoms with Gasteiger partial charge in [0.05, 0.1) is 0 Å². The van der Waals surface area contributed by atoms with E-state index in [-0.39, 0.29) is 0 Å². The Bertz CT molecular complexity index is 1430. The average molecular weight is 407 g/mol. The van der Waals surface area contributed by atoms with Gasteiger partial charge in [-0.05, 0) is 78.9 Å². The van der Waals surface area contributed by atoms with Crippen LogP contribution in [0.25, 0.3) is 32.7 Å². The van der Waals surface area contributed by atoms with Crippen molar-refractivity contribution < 1.29 is 0 Å². The van der Waals surface area contributed by atoms with Crippen LogP contribution in [0.2, 0.25) is 0 Å². The zero-order valence-electron chi connectivity index (χ0n) is 17.8. The molecule has 5 aromatic rings. The van der Waals surface area contributed by atoms with E-state index >= 15 is 0 Å². The third-order valence-electron chi connectivity index (χ3n) is 7.14. The molecule has 0 aliphatic heterocycles. The molecule has 0 atom stereocenters. The number of benzene rings is 5. The molecule has 0 bridgehead atoms. The van der Waals surface area contributed by atoms with Gasteiger partial charge in [0.1, 0.15) is 0 Å². The molecule has 5 aromatic carbocycles. The zero-order valence-corrected chi connectivity index (χ0v) is 17.8. The Morgan fingerprint density at radius 2 is 0.719 bits per heavy atom. The maximum Gasteiger partial charge on any atom is -0.00233 e. The first-order chi connectivity index (χ1) is 15.9. The van der Waals surface area contributed by atoms with E-state index in [4.69, 9.17) is 0 Å². The Kier molecular flexibility index (Phi) is 3.77. The van der Waals surface area contributed by atoms with Gasteiger partial charge in [-0.2, -0.15) is 0 Å². The Labute approximate surface area is 188 Å². The molecule has 0 saturated heterocycles. The summed E-state index contributed by atoms with van der Waals surface area (Å²) in [6, 6.07) is 35.7. The Morgan fingerprint density at radius 1 is 0.375 bits per heavy atom. The molecule has 0 unspecified atom stereocenters. The second kappa shape index (κ2) is 6.80. The van der Waals surface area contributed by atoms with E-state index in [0.29, 0.717) is 0 Å². The summed E-state index contributed by atoms with van der Waals surface area (Å²) in [5, 5.41) is 5.37. The van der Waals surface area contributed by atoms with Gasteiger partial charge >= 0.3 is 0 Å². The molecule has 32 heavy (non-hydrogen) atoms. The van der Waals surface area contributed by atoms with Crippen LogP contribution in [-0.2, 0) is 12.8 Å². The second-order valence-corrected chi connectivity index (χ2v) is 8.80. The number of fused-ring (bicyclic) bond motifs is 4. The average Bonchev–Trinajstić information content (AvgIpc) is 3.47. The van der Waals surface area contributed by atoms with Crippen molar-refractivity contribution in [2.24, 2.45) is 0 Å². The molecule has 0 heteroatoms. The first-order valence-corrected chi connectivity index (χ1v) is 11.4.